The molecule has 2 unspecified atom stereocenters. The van der Waals surface area contributed by atoms with Crippen molar-refractivity contribution in [1.82, 2.24) is 0 Å². The van der Waals surface area contributed by atoms with Crippen molar-refractivity contribution in [2.75, 3.05) is 5.75 Å². The van der Waals surface area contributed by atoms with Crippen LogP contribution in [0.1, 0.15) is 46.5 Å². The van der Waals surface area contributed by atoms with E-state index in [1.54, 1.807) is 13.8 Å². The van der Waals surface area contributed by atoms with E-state index >= 15 is 0 Å². The summed E-state index contributed by atoms with van der Waals surface area (Å²) < 4.78 is 23.5. The van der Waals surface area contributed by atoms with Crippen LogP contribution in [0.5, 0.6) is 0 Å². The van der Waals surface area contributed by atoms with E-state index in [9.17, 15) is 18.3 Å². The first-order valence-electron chi connectivity index (χ1n) is 6.14. The summed E-state index contributed by atoms with van der Waals surface area (Å²) in [6.07, 6.45) is 2.36. The summed E-state index contributed by atoms with van der Waals surface area (Å²) in [5.74, 6) is -0.461. The number of rotatable bonds is 5. The van der Waals surface area contributed by atoms with Crippen LogP contribution in [-0.2, 0) is 14.6 Å². The van der Waals surface area contributed by atoms with Gasteiger partial charge in [0.2, 0.25) is 0 Å². The first-order chi connectivity index (χ1) is 7.69. The van der Waals surface area contributed by atoms with E-state index in [-0.39, 0.29) is 12.2 Å². The fourth-order valence-electron chi connectivity index (χ4n) is 2.50. The average molecular weight is 262 g/mol. The van der Waals surface area contributed by atoms with Crippen LogP contribution in [0.25, 0.3) is 0 Å². The molecule has 1 aliphatic carbocycles. The number of sulfone groups is 1. The van der Waals surface area contributed by atoms with Gasteiger partial charge in [0.25, 0.3) is 0 Å². The maximum Gasteiger partial charge on any atom is 0.309 e. The molecule has 0 heterocycles. The Morgan fingerprint density at radius 1 is 1.47 bits per heavy atom. The average Bonchev–Trinajstić information content (AvgIpc) is 2.58. The number of carboxylic acid groups (broad SMARTS) is 1. The molecule has 0 aromatic carbocycles. The molecular formula is C12H22O4S. The predicted octanol–water partition coefficient (Wildman–Crippen LogP) is 2.09. The Morgan fingerprint density at radius 3 is 2.41 bits per heavy atom. The normalized spacial score (nSPS) is 29.8. The molecule has 2 atom stereocenters. The quantitative estimate of drug-likeness (QED) is 0.823. The first kappa shape index (κ1) is 14.5. The molecule has 17 heavy (non-hydrogen) atoms. The van der Waals surface area contributed by atoms with Gasteiger partial charge in [0.1, 0.15) is 0 Å². The number of carbonyl (C=O) groups is 1. The Hall–Kier alpha value is -0.580. The van der Waals surface area contributed by atoms with Gasteiger partial charge in [0.05, 0.1) is 16.4 Å². The molecule has 1 saturated carbocycles. The lowest BCUT2D eigenvalue weighted by Gasteiger charge is -2.24. The lowest BCUT2D eigenvalue weighted by atomic mass is 9.83. The molecule has 0 radical (unpaired) electrons. The van der Waals surface area contributed by atoms with Crippen molar-refractivity contribution in [2.45, 2.75) is 51.7 Å². The van der Waals surface area contributed by atoms with Crippen molar-refractivity contribution >= 4 is 15.8 Å². The van der Waals surface area contributed by atoms with Gasteiger partial charge in [0.15, 0.2) is 9.84 Å². The van der Waals surface area contributed by atoms with Crippen LogP contribution >= 0.6 is 0 Å². The molecule has 5 heteroatoms. The van der Waals surface area contributed by atoms with Gasteiger partial charge in [-0.1, -0.05) is 6.92 Å². The highest BCUT2D eigenvalue weighted by molar-refractivity contribution is 7.91. The van der Waals surface area contributed by atoms with E-state index in [1.165, 1.54) is 0 Å². The number of aliphatic carboxylic acids is 1. The van der Waals surface area contributed by atoms with Gasteiger partial charge in [-0.3, -0.25) is 4.79 Å². The minimum atomic E-state index is -3.14. The van der Waals surface area contributed by atoms with E-state index in [0.717, 1.165) is 6.42 Å². The molecule has 0 saturated heterocycles. The maximum atomic E-state index is 11.7. The molecule has 100 valence electrons. The van der Waals surface area contributed by atoms with Crippen LogP contribution in [0.15, 0.2) is 0 Å². The Morgan fingerprint density at radius 2 is 2.06 bits per heavy atom. The molecule has 0 aromatic rings. The smallest absolute Gasteiger partial charge is 0.309 e. The lowest BCUT2D eigenvalue weighted by Crippen LogP contribution is -2.32. The second-order valence-corrected chi connectivity index (χ2v) is 8.28. The topological polar surface area (TPSA) is 71.4 Å². The van der Waals surface area contributed by atoms with Crippen molar-refractivity contribution in [3.63, 3.8) is 0 Å². The zero-order chi connectivity index (χ0) is 13.3. The van der Waals surface area contributed by atoms with Crippen LogP contribution in [-0.4, -0.2) is 30.5 Å². The minimum absolute atomic E-state index is 0.0102. The first-order valence-corrected chi connectivity index (χ1v) is 7.86. The standard InChI is InChI=1S/C12H22O4S/c1-9(2)17(15,16)7-6-12(11(13)14)5-4-10(3)8-12/h9-10H,4-8H2,1-3H3,(H,13,14). The zero-order valence-electron chi connectivity index (χ0n) is 10.8. The molecule has 0 amide bonds. The van der Waals surface area contributed by atoms with E-state index in [0.29, 0.717) is 18.8 Å². The Balaban J connectivity index is 2.74. The lowest BCUT2D eigenvalue weighted by molar-refractivity contribution is -0.148. The molecule has 0 aromatic heterocycles. The van der Waals surface area contributed by atoms with Crippen molar-refractivity contribution in [3.8, 4) is 0 Å². The Bertz CT molecular complexity index is 385. The molecule has 1 N–H and O–H groups in total. The highest BCUT2D eigenvalue weighted by Crippen LogP contribution is 2.44. The Kier molecular flexibility index (Phi) is 4.23. The third kappa shape index (κ3) is 3.21. The minimum Gasteiger partial charge on any atom is -0.481 e. The molecule has 4 nitrogen and oxygen atoms in total. The van der Waals surface area contributed by atoms with Gasteiger partial charge in [0, 0.05) is 0 Å². The van der Waals surface area contributed by atoms with E-state index < -0.39 is 26.5 Å². The van der Waals surface area contributed by atoms with Gasteiger partial charge in [-0.05, 0) is 45.4 Å². The SMILES string of the molecule is CC1CCC(CCS(=O)(=O)C(C)C)(C(=O)O)C1. The summed E-state index contributed by atoms with van der Waals surface area (Å²) in [6.45, 7) is 5.31. The molecular weight excluding hydrogens is 240 g/mol. The van der Waals surface area contributed by atoms with Crippen molar-refractivity contribution < 1.29 is 18.3 Å². The van der Waals surface area contributed by atoms with Crippen LogP contribution in [0.3, 0.4) is 0 Å². The molecule has 1 fully saturated rings. The largest absolute Gasteiger partial charge is 0.481 e. The second kappa shape index (κ2) is 4.96. The summed E-state index contributed by atoms with van der Waals surface area (Å²) >= 11 is 0. The van der Waals surface area contributed by atoms with Crippen molar-refractivity contribution in [3.05, 3.63) is 0 Å². The molecule has 0 spiro atoms. The van der Waals surface area contributed by atoms with Gasteiger partial charge in [-0.15, -0.1) is 0 Å². The number of hydrogen-bond donors (Lipinski definition) is 1. The third-order valence-corrected chi connectivity index (χ3v) is 6.10. The monoisotopic (exact) mass is 262 g/mol. The fourth-order valence-corrected chi connectivity index (χ4v) is 3.64. The summed E-state index contributed by atoms with van der Waals surface area (Å²) in [4.78, 5) is 11.4. The predicted molar refractivity (Wildman–Crippen MR) is 66.6 cm³/mol. The van der Waals surface area contributed by atoms with E-state index in [1.807, 2.05) is 6.92 Å². The van der Waals surface area contributed by atoms with Gasteiger partial charge in [-0.2, -0.15) is 0 Å². The number of hydrogen-bond acceptors (Lipinski definition) is 3. The second-order valence-electron chi connectivity index (χ2n) is 5.60. The summed E-state index contributed by atoms with van der Waals surface area (Å²) in [6, 6.07) is 0. The fraction of sp³-hybridized carbons (Fsp3) is 0.917. The molecule has 0 bridgehead atoms. The van der Waals surface area contributed by atoms with Crippen molar-refractivity contribution in [1.29, 1.82) is 0 Å². The van der Waals surface area contributed by atoms with Crippen molar-refractivity contribution in [2.24, 2.45) is 11.3 Å². The highest BCUT2D eigenvalue weighted by atomic mass is 32.2. The van der Waals surface area contributed by atoms with E-state index in [4.69, 9.17) is 0 Å². The zero-order valence-corrected chi connectivity index (χ0v) is 11.6. The molecule has 1 rings (SSSR count). The summed E-state index contributed by atoms with van der Waals surface area (Å²) in [7, 11) is -3.14. The van der Waals surface area contributed by atoms with Gasteiger partial charge < -0.3 is 5.11 Å². The van der Waals surface area contributed by atoms with Crippen LogP contribution < -0.4 is 0 Å². The molecule has 0 aliphatic heterocycles. The Labute approximate surface area is 103 Å². The van der Waals surface area contributed by atoms with Crippen LogP contribution in [0.2, 0.25) is 0 Å². The van der Waals surface area contributed by atoms with Crippen LogP contribution in [0.4, 0.5) is 0 Å². The van der Waals surface area contributed by atoms with Crippen LogP contribution in [0, 0.1) is 11.3 Å². The number of carboxylic acids is 1. The third-order valence-electron chi connectivity index (χ3n) is 3.89. The summed E-state index contributed by atoms with van der Waals surface area (Å²) in [5, 5.41) is 8.90. The van der Waals surface area contributed by atoms with Gasteiger partial charge in [-0.25, -0.2) is 8.42 Å². The van der Waals surface area contributed by atoms with Gasteiger partial charge >= 0.3 is 5.97 Å². The maximum absolute atomic E-state index is 11.7. The van der Waals surface area contributed by atoms with E-state index in [2.05, 4.69) is 0 Å². The summed E-state index contributed by atoms with van der Waals surface area (Å²) in [5.41, 5.74) is -0.804. The highest BCUT2D eigenvalue weighted by Gasteiger charge is 2.44. The molecule has 1 aliphatic rings.